The van der Waals surface area contributed by atoms with Crippen molar-refractivity contribution in [2.75, 3.05) is 46.9 Å². The average Bonchev–Trinajstić information content (AvgIpc) is 2.70. The van der Waals surface area contributed by atoms with E-state index in [-0.39, 0.29) is 11.9 Å². The Labute approximate surface area is 154 Å². The monoisotopic (exact) mass is 354 g/mol. The molecule has 26 heavy (non-hydrogen) atoms. The molecule has 1 aliphatic heterocycles. The number of pyridine rings is 1. The molecule has 0 saturated carbocycles. The van der Waals surface area contributed by atoms with Crippen molar-refractivity contribution in [1.29, 1.82) is 0 Å². The van der Waals surface area contributed by atoms with Crippen molar-refractivity contribution in [1.82, 2.24) is 20.1 Å². The van der Waals surface area contributed by atoms with Crippen LogP contribution in [-0.2, 0) is 0 Å². The summed E-state index contributed by atoms with van der Waals surface area (Å²) >= 11 is 0. The first-order chi connectivity index (χ1) is 12.7. The molecule has 1 aliphatic rings. The molecule has 6 heteroatoms. The summed E-state index contributed by atoms with van der Waals surface area (Å²) in [6.07, 6.45) is 3.26. The number of piperazine rings is 1. The molecule has 0 bridgehead atoms. The topological polar surface area (TPSA) is 57.7 Å². The van der Waals surface area contributed by atoms with Crippen molar-refractivity contribution in [3.63, 3.8) is 0 Å². The van der Waals surface area contributed by atoms with E-state index in [1.165, 1.54) is 5.56 Å². The van der Waals surface area contributed by atoms with Crippen molar-refractivity contribution in [2.24, 2.45) is 0 Å². The Morgan fingerprint density at radius 3 is 2.54 bits per heavy atom. The number of methoxy groups -OCH3 is 1. The first kappa shape index (κ1) is 18.4. The van der Waals surface area contributed by atoms with Crippen molar-refractivity contribution < 1.29 is 9.53 Å². The summed E-state index contributed by atoms with van der Waals surface area (Å²) in [6, 6.07) is 11.8. The van der Waals surface area contributed by atoms with Crippen LogP contribution in [0.5, 0.6) is 5.75 Å². The third-order valence-corrected chi connectivity index (χ3v) is 4.86. The van der Waals surface area contributed by atoms with Gasteiger partial charge in [0.05, 0.1) is 18.7 Å². The molecule has 6 nitrogen and oxygen atoms in total. The minimum atomic E-state index is -0.0919. The highest BCUT2D eigenvalue weighted by Gasteiger charge is 2.24. The average molecular weight is 354 g/mol. The van der Waals surface area contributed by atoms with Crippen molar-refractivity contribution in [2.45, 2.75) is 6.04 Å². The normalized spacial score (nSPS) is 16.8. The molecular weight excluding hydrogens is 328 g/mol. The zero-order valence-corrected chi connectivity index (χ0v) is 15.4. The molecule has 1 N–H and O–H groups in total. The molecule has 1 atom stereocenters. The molecule has 3 rings (SSSR count). The second-order valence-electron chi connectivity index (χ2n) is 6.58. The van der Waals surface area contributed by atoms with Crippen LogP contribution in [-0.4, -0.2) is 67.6 Å². The van der Waals surface area contributed by atoms with Gasteiger partial charge in [-0.15, -0.1) is 0 Å². The highest BCUT2D eigenvalue weighted by Crippen LogP contribution is 2.24. The fraction of sp³-hybridized carbons (Fsp3) is 0.400. The number of hydrogen-bond acceptors (Lipinski definition) is 5. The Morgan fingerprint density at radius 1 is 1.19 bits per heavy atom. The quantitative estimate of drug-likeness (QED) is 0.857. The van der Waals surface area contributed by atoms with E-state index in [1.54, 1.807) is 31.6 Å². The van der Waals surface area contributed by atoms with E-state index in [1.807, 2.05) is 12.1 Å². The van der Waals surface area contributed by atoms with Crippen LogP contribution in [0.15, 0.2) is 48.8 Å². The predicted octanol–water partition coefficient (Wildman–Crippen LogP) is 1.81. The molecule has 0 aliphatic carbocycles. The molecule has 1 aromatic carbocycles. The number of amides is 1. The van der Waals surface area contributed by atoms with Gasteiger partial charge >= 0.3 is 0 Å². The SMILES string of the molecule is COc1ccc(C(CNC(=O)c2cccnc2)N2CCN(C)CC2)cc1. The first-order valence-corrected chi connectivity index (χ1v) is 8.92. The van der Waals surface area contributed by atoms with E-state index < -0.39 is 0 Å². The number of nitrogens with zero attached hydrogens (tertiary/aromatic N) is 3. The summed E-state index contributed by atoms with van der Waals surface area (Å²) in [5, 5.41) is 3.07. The van der Waals surface area contributed by atoms with Gasteiger partial charge in [0.15, 0.2) is 0 Å². The third-order valence-electron chi connectivity index (χ3n) is 4.86. The molecule has 1 amide bonds. The van der Waals surface area contributed by atoms with Gasteiger partial charge in [-0.05, 0) is 36.9 Å². The fourth-order valence-electron chi connectivity index (χ4n) is 3.21. The van der Waals surface area contributed by atoms with Gasteiger partial charge in [-0.25, -0.2) is 0 Å². The maximum atomic E-state index is 12.4. The van der Waals surface area contributed by atoms with Gasteiger partial charge in [-0.1, -0.05) is 12.1 Å². The van der Waals surface area contributed by atoms with E-state index in [2.05, 4.69) is 39.3 Å². The number of carbonyl (C=O) groups excluding carboxylic acids is 1. The van der Waals surface area contributed by atoms with Gasteiger partial charge < -0.3 is 15.0 Å². The summed E-state index contributed by atoms with van der Waals surface area (Å²) in [4.78, 5) is 21.2. The van der Waals surface area contributed by atoms with Crippen LogP contribution in [0.25, 0.3) is 0 Å². The summed E-state index contributed by atoms with van der Waals surface area (Å²) in [7, 11) is 3.81. The van der Waals surface area contributed by atoms with E-state index in [9.17, 15) is 4.79 Å². The van der Waals surface area contributed by atoms with Crippen LogP contribution >= 0.6 is 0 Å². The summed E-state index contributed by atoms with van der Waals surface area (Å²) in [5.74, 6) is 0.746. The minimum Gasteiger partial charge on any atom is -0.497 e. The molecule has 0 radical (unpaired) electrons. The second kappa shape index (κ2) is 8.78. The molecule has 0 spiro atoms. The second-order valence-corrected chi connectivity index (χ2v) is 6.58. The number of carbonyl (C=O) groups is 1. The van der Waals surface area contributed by atoms with E-state index >= 15 is 0 Å². The van der Waals surface area contributed by atoms with E-state index in [0.717, 1.165) is 31.9 Å². The Bertz CT molecular complexity index is 698. The first-order valence-electron chi connectivity index (χ1n) is 8.92. The van der Waals surface area contributed by atoms with Gasteiger partial charge in [0.25, 0.3) is 5.91 Å². The Balaban J connectivity index is 1.72. The standard InChI is InChI=1S/C20H26N4O2/c1-23-10-12-24(13-11-23)19(16-5-7-18(26-2)8-6-16)15-22-20(25)17-4-3-9-21-14-17/h3-9,14,19H,10-13,15H2,1-2H3,(H,22,25). The maximum Gasteiger partial charge on any atom is 0.252 e. The smallest absolute Gasteiger partial charge is 0.252 e. The van der Waals surface area contributed by atoms with Gasteiger partial charge in [-0.2, -0.15) is 0 Å². The number of rotatable bonds is 6. The zero-order valence-electron chi connectivity index (χ0n) is 15.4. The Morgan fingerprint density at radius 2 is 1.92 bits per heavy atom. The number of ether oxygens (including phenoxy) is 1. The molecule has 1 aromatic heterocycles. The zero-order chi connectivity index (χ0) is 18.4. The number of likely N-dealkylation sites (N-methyl/N-ethyl adjacent to an activating group) is 1. The van der Waals surface area contributed by atoms with Crippen LogP contribution in [0.4, 0.5) is 0 Å². The van der Waals surface area contributed by atoms with Crippen LogP contribution in [0.1, 0.15) is 22.0 Å². The molecule has 1 fully saturated rings. The Hall–Kier alpha value is -2.44. The van der Waals surface area contributed by atoms with Gasteiger partial charge in [-0.3, -0.25) is 14.7 Å². The van der Waals surface area contributed by atoms with E-state index in [0.29, 0.717) is 12.1 Å². The maximum absolute atomic E-state index is 12.4. The van der Waals surface area contributed by atoms with E-state index in [4.69, 9.17) is 4.74 Å². The lowest BCUT2D eigenvalue weighted by Crippen LogP contribution is -2.48. The van der Waals surface area contributed by atoms with Gasteiger partial charge in [0.2, 0.25) is 0 Å². The highest BCUT2D eigenvalue weighted by molar-refractivity contribution is 5.93. The molecule has 1 unspecified atom stereocenters. The molecule has 1 saturated heterocycles. The molecule has 2 aromatic rings. The summed E-state index contributed by atoms with van der Waals surface area (Å²) < 4.78 is 5.27. The lowest BCUT2D eigenvalue weighted by atomic mass is 10.0. The number of benzene rings is 1. The lowest BCUT2D eigenvalue weighted by molar-refractivity contribution is 0.0886. The number of hydrogen-bond donors (Lipinski definition) is 1. The number of nitrogens with one attached hydrogen (secondary N) is 1. The van der Waals surface area contributed by atoms with Gasteiger partial charge in [0.1, 0.15) is 5.75 Å². The van der Waals surface area contributed by atoms with Crippen molar-refractivity contribution >= 4 is 5.91 Å². The fourth-order valence-corrected chi connectivity index (χ4v) is 3.21. The highest BCUT2D eigenvalue weighted by atomic mass is 16.5. The lowest BCUT2D eigenvalue weighted by Gasteiger charge is -2.38. The van der Waals surface area contributed by atoms with Crippen LogP contribution < -0.4 is 10.1 Å². The molecule has 138 valence electrons. The summed E-state index contributed by atoms with van der Waals surface area (Å²) in [5.41, 5.74) is 1.76. The van der Waals surface area contributed by atoms with Crippen LogP contribution in [0.2, 0.25) is 0 Å². The summed E-state index contributed by atoms with van der Waals surface area (Å²) in [6.45, 7) is 4.59. The van der Waals surface area contributed by atoms with Gasteiger partial charge in [0, 0.05) is 45.1 Å². The third kappa shape index (κ3) is 4.59. The molecule has 2 heterocycles. The van der Waals surface area contributed by atoms with Crippen LogP contribution in [0, 0.1) is 0 Å². The molecular formula is C20H26N4O2. The largest absolute Gasteiger partial charge is 0.497 e. The minimum absolute atomic E-state index is 0.0919. The van der Waals surface area contributed by atoms with Crippen molar-refractivity contribution in [3.05, 3.63) is 59.9 Å². The Kier molecular flexibility index (Phi) is 6.20. The van der Waals surface area contributed by atoms with Crippen LogP contribution in [0.3, 0.4) is 0 Å². The predicted molar refractivity (Wildman–Crippen MR) is 101 cm³/mol. The van der Waals surface area contributed by atoms with Crippen molar-refractivity contribution in [3.8, 4) is 5.75 Å². The number of aromatic nitrogens is 1.